The fourth-order valence-corrected chi connectivity index (χ4v) is 2.51. The van der Waals surface area contributed by atoms with E-state index in [4.69, 9.17) is 5.73 Å². The average molecular weight is 205 g/mol. The maximum atomic E-state index is 5.70. The first-order valence-electron chi connectivity index (χ1n) is 5.61. The van der Waals surface area contributed by atoms with Gasteiger partial charge in [-0.25, -0.2) is 4.98 Å². The standard InChI is InChI=1S/C12H19N3/c1-9-5-10(2)8-15(7-9)11-3-4-14-12(13)6-11/h3-4,6,9-10H,5,7-8H2,1-2H3,(H2,13,14). The fourth-order valence-electron chi connectivity index (χ4n) is 2.51. The van der Waals surface area contributed by atoms with Crippen molar-refractivity contribution in [2.45, 2.75) is 20.3 Å². The molecule has 1 aromatic rings. The molecule has 0 spiro atoms. The van der Waals surface area contributed by atoms with E-state index in [9.17, 15) is 0 Å². The summed E-state index contributed by atoms with van der Waals surface area (Å²) in [6.45, 7) is 6.89. The Hall–Kier alpha value is -1.25. The van der Waals surface area contributed by atoms with Gasteiger partial charge in [-0.05, 0) is 24.3 Å². The van der Waals surface area contributed by atoms with Gasteiger partial charge in [-0.15, -0.1) is 0 Å². The molecule has 2 unspecified atom stereocenters. The third kappa shape index (κ3) is 2.41. The number of aromatic nitrogens is 1. The van der Waals surface area contributed by atoms with E-state index in [0.717, 1.165) is 24.9 Å². The Morgan fingerprint density at radius 3 is 2.60 bits per heavy atom. The Kier molecular flexibility index (Phi) is 2.80. The van der Waals surface area contributed by atoms with Crippen LogP contribution in [0.3, 0.4) is 0 Å². The van der Waals surface area contributed by atoms with Gasteiger partial charge in [0.25, 0.3) is 0 Å². The second kappa shape index (κ2) is 4.09. The summed E-state index contributed by atoms with van der Waals surface area (Å²) in [6, 6.07) is 4.01. The summed E-state index contributed by atoms with van der Waals surface area (Å²) in [5.41, 5.74) is 6.91. The van der Waals surface area contributed by atoms with E-state index in [0.29, 0.717) is 5.82 Å². The number of rotatable bonds is 1. The highest BCUT2D eigenvalue weighted by molar-refractivity contribution is 5.52. The molecule has 0 amide bonds. The van der Waals surface area contributed by atoms with Gasteiger partial charge in [0.05, 0.1) is 0 Å². The molecule has 2 rings (SSSR count). The summed E-state index contributed by atoms with van der Waals surface area (Å²) in [4.78, 5) is 6.44. The largest absolute Gasteiger partial charge is 0.384 e. The zero-order valence-electron chi connectivity index (χ0n) is 9.48. The summed E-state index contributed by atoms with van der Waals surface area (Å²) in [6.07, 6.45) is 3.12. The van der Waals surface area contributed by atoms with Crippen molar-refractivity contribution in [3.63, 3.8) is 0 Å². The van der Waals surface area contributed by atoms with Crippen LogP contribution in [0.15, 0.2) is 18.3 Å². The van der Waals surface area contributed by atoms with E-state index in [1.807, 2.05) is 12.1 Å². The lowest BCUT2D eigenvalue weighted by molar-refractivity contribution is 0.357. The Morgan fingerprint density at radius 1 is 1.33 bits per heavy atom. The molecule has 0 aromatic carbocycles. The molecule has 2 N–H and O–H groups in total. The van der Waals surface area contributed by atoms with E-state index in [-0.39, 0.29) is 0 Å². The maximum absolute atomic E-state index is 5.70. The van der Waals surface area contributed by atoms with E-state index in [1.54, 1.807) is 6.20 Å². The molecule has 2 heterocycles. The van der Waals surface area contributed by atoms with Crippen LogP contribution in [0.2, 0.25) is 0 Å². The third-order valence-corrected chi connectivity index (χ3v) is 3.00. The van der Waals surface area contributed by atoms with E-state index in [2.05, 4.69) is 23.7 Å². The van der Waals surface area contributed by atoms with Crippen LogP contribution in [0.25, 0.3) is 0 Å². The number of anilines is 2. The molecule has 82 valence electrons. The lowest BCUT2D eigenvalue weighted by Crippen LogP contribution is -2.38. The predicted octanol–water partition coefficient (Wildman–Crippen LogP) is 2.15. The van der Waals surface area contributed by atoms with Crippen LogP contribution in [0.5, 0.6) is 0 Å². The lowest BCUT2D eigenvalue weighted by Gasteiger charge is -2.36. The minimum absolute atomic E-state index is 0.610. The Labute approximate surface area is 91.3 Å². The van der Waals surface area contributed by atoms with Crippen molar-refractivity contribution in [3.05, 3.63) is 18.3 Å². The van der Waals surface area contributed by atoms with E-state index in [1.165, 1.54) is 12.1 Å². The molecule has 2 atom stereocenters. The normalized spacial score (nSPS) is 26.7. The van der Waals surface area contributed by atoms with Crippen LogP contribution < -0.4 is 10.6 Å². The molecule has 15 heavy (non-hydrogen) atoms. The minimum atomic E-state index is 0.610. The number of nitrogens with two attached hydrogens (primary N) is 1. The second-order valence-electron chi connectivity index (χ2n) is 4.79. The van der Waals surface area contributed by atoms with Gasteiger partial charge in [0.15, 0.2) is 0 Å². The molecule has 1 aliphatic heterocycles. The zero-order valence-corrected chi connectivity index (χ0v) is 9.48. The SMILES string of the molecule is CC1CC(C)CN(c2ccnc(N)c2)C1. The summed E-state index contributed by atoms with van der Waals surface area (Å²) in [5, 5.41) is 0. The summed E-state index contributed by atoms with van der Waals surface area (Å²) in [7, 11) is 0. The van der Waals surface area contributed by atoms with Crippen molar-refractivity contribution < 1.29 is 0 Å². The number of nitrogens with zero attached hydrogens (tertiary/aromatic N) is 2. The molecule has 1 aromatic heterocycles. The molecule has 1 aliphatic rings. The predicted molar refractivity (Wildman–Crippen MR) is 63.8 cm³/mol. The molecular formula is C12H19N3. The number of nitrogen functional groups attached to an aromatic ring is 1. The van der Waals surface area contributed by atoms with Crippen LogP contribution in [-0.2, 0) is 0 Å². The van der Waals surface area contributed by atoms with Crippen LogP contribution in [0.1, 0.15) is 20.3 Å². The lowest BCUT2D eigenvalue weighted by atomic mass is 9.91. The Bertz CT molecular complexity index is 327. The van der Waals surface area contributed by atoms with Crippen molar-refractivity contribution in [1.29, 1.82) is 0 Å². The van der Waals surface area contributed by atoms with Crippen molar-refractivity contribution in [3.8, 4) is 0 Å². The zero-order chi connectivity index (χ0) is 10.8. The quantitative estimate of drug-likeness (QED) is 0.763. The first-order valence-corrected chi connectivity index (χ1v) is 5.61. The monoisotopic (exact) mass is 205 g/mol. The number of piperidine rings is 1. The highest BCUT2D eigenvalue weighted by Crippen LogP contribution is 2.26. The van der Waals surface area contributed by atoms with Crippen molar-refractivity contribution in [2.24, 2.45) is 11.8 Å². The third-order valence-electron chi connectivity index (χ3n) is 3.00. The Morgan fingerprint density at radius 2 is 2.00 bits per heavy atom. The minimum Gasteiger partial charge on any atom is -0.384 e. The fraction of sp³-hybridized carbons (Fsp3) is 0.583. The summed E-state index contributed by atoms with van der Waals surface area (Å²) < 4.78 is 0. The van der Waals surface area contributed by atoms with Crippen molar-refractivity contribution >= 4 is 11.5 Å². The van der Waals surface area contributed by atoms with Crippen LogP contribution in [0.4, 0.5) is 11.5 Å². The maximum Gasteiger partial charge on any atom is 0.125 e. The second-order valence-corrected chi connectivity index (χ2v) is 4.79. The number of hydrogen-bond donors (Lipinski definition) is 1. The van der Waals surface area contributed by atoms with Crippen LogP contribution >= 0.6 is 0 Å². The van der Waals surface area contributed by atoms with Gasteiger partial charge in [0, 0.05) is 31.0 Å². The van der Waals surface area contributed by atoms with Gasteiger partial charge in [-0.2, -0.15) is 0 Å². The molecule has 3 nitrogen and oxygen atoms in total. The van der Waals surface area contributed by atoms with Crippen LogP contribution in [0, 0.1) is 11.8 Å². The van der Waals surface area contributed by atoms with Gasteiger partial charge in [-0.3, -0.25) is 0 Å². The van der Waals surface area contributed by atoms with Crippen molar-refractivity contribution in [2.75, 3.05) is 23.7 Å². The molecular weight excluding hydrogens is 186 g/mol. The molecule has 0 bridgehead atoms. The number of hydrogen-bond acceptors (Lipinski definition) is 3. The van der Waals surface area contributed by atoms with Gasteiger partial charge in [0.1, 0.15) is 5.82 Å². The average Bonchev–Trinajstić information content (AvgIpc) is 2.16. The van der Waals surface area contributed by atoms with Gasteiger partial charge < -0.3 is 10.6 Å². The van der Waals surface area contributed by atoms with Gasteiger partial charge >= 0.3 is 0 Å². The molecule has 0 aliphatic carbocycles. The molecule has 0 radical (unpaired) electrons. The summed E-state index contributed by atoms with van der Waals surface area (Å²) >= 11 is 0. The highest BCUT2D eigenvalue weighted by Gasteiger charge is 2.21. The first kappa shape index (κ1) is 10.3. The highest BCUT2D eigenvalue weighted by atomic mass is 15.1. The van der Waals surface area contributed by atoms with Crippen molar-refractivity contribution in [1.82, 2.24) is 4.98 Å². The Balaban J connectivity index is 2.16. The molecule has 1 saturated heterocycles. The van der Waals surface area contributed by atoms with Crippen LogP contribution in [-0.4, -0.2) is 18.1 Å². The van der Waals surface area contributed by atoms with Gasteiger partial charge in [-0.1, -0.05) is 13.8 Å². The molecule has 3 heteroatoms. The topological polar surface area (TPSA) is 42.2 Å². The molecule has 1 fully saturated rings. The first-order chi connectivity index (χ1) is 7.15. The van der Waals surface area contributed by atoms with E-state index < -0.39 is 0 Å². The molecule has 0 saturated carbocycles. The number of pyridine rings is 1. The summed E-state index contributed by atoms with van der Waals surface area (Å²) in [5.74, 6) is 2.14. The van der Waals surface area contributed by atoms with Gasteiger partial charge in [0.2, 0.25) is 0 Å². The van der Waals surface area contributed by atoms with E-state index >= 15 is 0 Å². The smallest absolute Gasteiger partial charge is 0.125 e.